The quantitative estimate of drug-likeness (QED) is 0.565. The van der Waals surface area contributed by atoms with Gasteiger partial charge < -0.3 is 15.0 Å². The molecule has 3 aromatic rings. The summed E-state index contributed by atoms with van der Waals surface area (Å²) in [5.74, 6) is -0.706. The highest BCUT2D eigenvalue weighted by molar-refractivity contribution is 7.74. The molecule has 0 spiro atoms. The summed E-state index contributed by atoms with van der Waals surface area (Å²) >= 11 is 3.52. The first-order chi connectivity index (χ1) is 13.8. The second kappa shape index (κ2) is 9.15. The van der Waals surface area contributed by atoms with Crippen LogP contribution in [0.25, 0.3) is 11.3 Å². The van der Waals surface area contributed by atoms with E-state index in [9.17, 15) is 18.7 Å². The van der Waals surface area contributed by atoms with Gasteiger partial charge in [0.25, 0.3) is 5.91 Å². The van der Waals surface area contributed by atoms with E-state index < -0.39 is 23.4 Å². The third-order valence-electron chi connectivity index (χ3n) is 4.12. The Morgan fingerprint density at radius 1 is 1.24 bits per heavy atom. The second-order valence-corrected chi connectivity index (χ2v) is 7.09. The number of anilines is 1. The molecule has 1 aromatic heterocycles. The first-order valence-electron chi connectivity index (χ1n) is 8.46. The lowest BCUT2D eigenvalue weighted by molar-refractivity contribution is 0.102. The molecule has 0 bridgehead atoms. The number of nitrogens with zero attached hydrogens (tertiary/aromatic N) is 1. The fourth-order valence-electron chi connectivity index (χ4n) is 2.72. The molecule has 0 aliphatic carbocycles. The molecule has 0 aliphatic rings. The number of carbonyl (C=O) groups is 1. The van der Waals surface area contributed by atoms with Gasteiger partial charge in [0.05, 0.1) is 28.2 Å². The normalized spacial score (nSPS) is 12.9. The van der Waals surface area contributed by atoms with Crippen LogP contribution in [0.5, 0.6) is 5.75 Å². The Morgan fingerprint density at radius 3 is 2.69 bits per heavy atom. The van der Waals surface area contributed by atoms with Crippen molar-refractivity contribution in [2.45, 2.75) is 13.0 Å². The summed E-state index contributed by atoms with van der Waals surface area (Å²) in [4.78, 5) is 16.8. The summed E-state index contributed by atoms with van der Waals surface area (Å²) in [7, 11) is 0. The third kappa shape index (κ3) is 5.18. The summed E-state index contributed by atoms with van der Waals surface area (Å²) < 4.78 is 25.9. The lowest BCUT2D eigenvalue weighted by Gasteiger charge is -2.16. The van der Waals surface area contributed by atoms with Crippen molar-refractivity contribution in [2.24, 2.45) is 0 Å². The number of carbonyl (C=O) groups excluding carboxylic acids is 1. The zero-order valence-corrected chi connectivity index (χ0v) is 16.7. The molecule has 0 saturated heterocycles. The van der Waals surface area contributed by atoms with Gasteiger partial charge in [0.1, 0.15) is 5.75 Å². The molecule has 150 valence electrons. The van der Waals surface area contributed by atoms with Crippen molar-refractivity contribution in [2.75, 3.05) is 5.32 Å². The first-order valence-corrected chi connectivity index (χ1v) is 9.84. The Kier molecular flexibility index (Phi) is 6.60. The number of amides is 1. The number of halogens is 1. The van der Waals surface area contributed by atoms with E-state index in [1.165, 1.54) is 25.1 Å². The van der Waals surface area contributed by atoms with Crippen LogP contribution in [0.2, 0.25) is 5.02 Å². The summed E-state index contributed by atoms with van der Waals surface area (Å²) in [6, 6.07) is 14.6. The molecule has 1 heterocycles. The van der Waals surface area contributed by atoms with Crippen LogP contribution in [-0.4, -0.2) is 24.8 Å². The van der Waals surface area contributed by atoms with Crippen molar-refractivity contribution >= 4 is 34.6 Å². The SMILES string of the molecule is CC(OS(=O)[O-])c1ccc(C(=O)Nc2ccc(Cl)c(-c3ccccn3)c2)cc1O. The van der Waals surface area contributed by atoms with Crippen LogP contribution in [0.4, 0.5) is 5.69 Å². The molecular weight excluding hydrogens is 416 g/mol. The van der Waals surface area contributed by atoms with Gasteiger partial charge in [0.2, 0.25) is 0 Å². The van der Waals surface area contributed by atoms with E-state index in [4.69, 9.17) is 11.6 Å². The summed E-state index contributed by atoms with van der Waals surface area (Å²) in [5.41, 5.74) is 2.27. The predicted molar refractivity (Wildman–Crippen MR) is 109 cm³/mol. The van der Waals surface area contributed by atoms with Gasteiger partial charge in [0.15, 0.2) is 0 Å². The van der Waals surface area contributed by atoms with Crippen LogP contribution in [0.3, 0.4) is 0 Å². The van der Waals surface area contributed by atoms with Crippen LogP contribution in [-0.2, 0) is 15.5 Å². The van der Waals surface area contributed by atoms with Crippen LogP contribution in [0.15, 0.2) is 60.8 Å². The lowest BCUT2D eigenvalue weighted by Crippen LogP contribution is -2.12. The maximum Gasteiger partial charge on any atom is 0.255 e. The zero-order valence-electron chi connectivity index (χ0n) is 15.2. The van der Waals surface area contributed by atoms with Gasteiger partial charge in [-0.2, -0.15) is 0 Å². The number of aromatic hydroxyl groups is 1. The molecule has 1 amide bonds. The van der Waals surface area contributed by atoms with E-state index in [1.807, 2.05) is 12.1 Å². The van der Waals surface area contributed by atoms with E-state index in [1.54, 1.807) is 30.5 Å². The van der Waals surface area contributed by atoms with Crippen LogP contribution >= 0.6 is 11.6 Å². The maximum absolute atomic E-state index is 12.6. The monoisotopic (exact) mass is 431 g/mol. The van der Waals surface area contributed by atoms with Crippen molar-refractivity contribution in [1.29, 1.82) is 0 Å². The largest absolute Gasteiger partial charge is 0.750 e. The van der Waals surface area contributed by atoms with E-state index >= 15 is 0 Å². The summed E-state index contributed by atoms with van der Waals surface area (Å²) in [6.45, 7) is 1.47. The average molecular weight is 432 g/mol. The van der Waals surface area contributed by atoms with Crippen LogP contribution in [0, 0.1) is 0 Å². The van der Waals surface area contributed by atoms with Crippen LogP contribution < -0.4 is 5.32 Å². The molecule has 3 rings (SSSR count). The molecule has 7 nitrogen and oxygen atoms in total. The number of pyridine rings is 1. The average Bonchev–Trinajstić information content (AvgIpc) is 2.69. The molecule has 0 saturated carbocycles. The molecule has 0 radical (unpaired) electrons. The molecule has 29 heavy (non-hydrogen) atoms. The van der Waals surface area contributed by atoms with Crippen molar-refractivity contribution in [3.8, 4) is 17.0 Å². The molecule has 2 unspecified atom stereocenters. The maximum atomic E-state index is 12.6. The summed E-state index contributed by atoms with van der Waals surface area (Å²) in [6.07, 6.45) is 0.761. The highest BCUT2D eigenvalue weighted by Crippen LogP contribution is 2.30. The Labute approximate surface area is 174 Å². The number of aromatic nitrogens is 1. The molecule has 2 atom stereocenters. The molecule has 0 aliphatic heterocycles. The standard InChI is InChI=1S/C20H17ClN2O5S/c1-12(28-29(26)27)15-7-5-13(10-19(15)24)20(25)23-14-6-8-17(21)16(11-14)18-4-2-3-9-22-18/h2-12,24H,1H3,(H,23,25)(H,26,27)/p-1. The number of rotatable bonds is 6. The van der Waals surface area contributed by atoms with Gasteiger partial charge in [-0.15, -0.1) is 0 Å². The minimum atomic E-state index is -2.72. The van der Waals surface area contributed by atoms with Crippen molar-refractivity contribution in [3.63, 3.8) is 0 Å². The molecule has 0 fully saturated rings. The number of phenols is 1. The number of benzene rings is 2. The van der Waals surface area contributed by atoms with E-state index in [0.29, 0.717) is 22.0 Å². The third-order valence-corrected chi connectivity index (χ3v) is 4.89. The van der Waals surface area contributed by atoms with Gasteiger partial charge in [0, 0.05) is 28.6 Å². The van der Waals surface area contributed by atoms with Crippen molar-refractivity contribution in [1.82, 2.24) is 4.98 Å². The highest BCUT2D eigenvalue weighted by atomic mass is 35.5. The second-order valence-electron chi connectivity index (χ2n) is 6.08. The molecular formula is C20H16ClN2O5S-. The molecule has 2 aromatic carbocycles. The van der Waals surface area contributed by atoms with Gasteiger partial charge in [-0.3, -0.25) is 14.0 Å². The van der Waals surface area contributed by atoms with E-state index in [0.717, 1.165) is 0 Å². The molecule has 2 N–H and O–H groups in total. The fourth-order valence-corrected chi connectivity index (χ4v) is 3.28. The van der Waals surface area contributed by atoms with Gasteiger partial charge in [-0.05, 0) is 49.4 Å². The Balaban J connectivity index is 1.80. The smallest absolute Gasteiger partial charge is 0.255 e. The number of nitrogens with one attached hydrogen (secondary N) is 1. The zero-order chi connectivity index (χ0) is 21.0. The van der Waals surface area contributed by atoms with Gasteiger partial charge in [-0.1, -0.05) is 23.7 Å². The van der Waals surface area contributed by atoms with Crippen molar-refractivity contribution in [3.05, 3.63) is 76.9 Å². The Morgan fingerprint density at radius 2 is 2.03 bits per heavy atom. The van der Waals surface area contributed by atoms with Crippen LogP contribution in [0.1, 0.15) is 28.9 Å². The highest BCUT2D eigenvalue weighted by Gasteiger charge is 2.15. The van der Waals surface area contributed by atoms with Crippen molar-refractivity contribution < 1.29 is 22.8 Å². The minimum absolute atomic E-state index is 0.191. The number of hydrogen-bond acceptors (Lipinski definition) is 6. The minimum Gasteiger partial charge on any atom is -0.750 e. The first kappa shape index (κ1) is 20.9. The van der Waals surface area contributed by atoms with Gasteiger partial charge >= 0.3 is 0 Å². The lowest BCUT2D eigenvalue weighted by atomic mass is 10.1. The van der Waals surface area contributed by atoms with E-state index in [2.05, 4.69) is 14.5 Å². The Hall–Kier alpha value is -2.78. The Bertz CT molecular complexity index is 1060. The topological polar surface area (TPSA) is 112 Å². The van der Waals surface area contributed by atoms with Gasteiger partial charge in [-0.25, -0.2) is 4.21 Å². The fraction of sp³-hybridized carbons (Fsp3) is 0.100. The number of phenolic OH excluding ortho intramolecular Hbond substituents is 1. The summed E-state index contributed by atoms with van der Waals surface area (Å²) in [5, 5.41) is 13.4. The van der Waals surface area contributed by atoms with E-state index in [-0.39, 0.29) is 16.9 Å². The predicted octanol–water partition coefficient (Wildman–Crippen LogP) is 4.23. The molecule has 9 heteroatoms. The number of hydrogen-bond donors (Lipinski definition) is 2.